The van der Waals surface area contributed by atoms with Crippen molar-refractivity contribution in [2.24, 2.45) is 23.2 Å². The number of ether oxygens (including phenoxy) is 1. The largest absolute Gasteiger partial charge is 0.497 e. The second-order valence-corrected chi connectivity index (χ2v) is 11.5. The Morgan fingerprint density at radius 1 is 1.03 bits per heavy atom. The highest BCUT2D eigenvalue weighted by atomic mass is 19.1. The second-order valence-electron chi connectivity index (χ2n) is 11.5. The minimum Gasteiger partial charge on any atom is -0.497 e. The summed E-state index contributed by atoms with van der Waals surface area (Å²) < 4.78 is 19.6. The zero-order valence-corrected chi connectivity index (χ0v) is 20.6. The van der Waals surface area contributed by atoms with Crippen LogP contribution in [0.2, 0.25) is 0 Å². The van der Waals surface area contributed by atoms with Gasteiger partial charge in [-0.1, -0.05) is 20.8 Å². The summed E-state index contributed by atoms with van der Waals surface area (Å²) in [4.78, 5) is 32.8. The van der Waals surface area contributed by atoms with Crippen molar-refractivity contribution in [3.8, 4) is 5.75 Å². The normalized spacial score (nSPS) is 28.1. The first kappa shape index (κ1) is 22.3. The third-order valence-electron chi connectivity index (χ3n) is 8.78. The molecule has 2 aliphatic carbocycles. The van der Waals surface area contributed by atoms with Gasteiger partial charge in [0.1, 0.15) is 11.6 Å². The molecule has 1 aliphatic heterocycles. The summed E-state index contributed by atoms with van der Waals surface area (Å²) in [6.07, 6.45) is 2.90. The fourth-order valence-corrected chi connectivity index (χ4v) is 7.01. The van der Waals surface area contributed by atoms with Crippen molar-refractivity contribution in [3.63, 3.8) is 0 Å². The van der Waals surface area contributed by atoms with E-state index in [-0.39, 0.29) is 34.9 Å². The van der Waals surface area contributed by atoms with E-state index >= 15 is 0 Å². The summed E-state index contributed by atoms with van der Waals surface area (Å²) >= 11 is 0. The van der Waals surface area contributed by atoms with Crippen LogP contribution in [-0.4, -0.2) is 23.9 Å². The number of anilines is 1. The van der Waals surface area contributed by atoms with E-state index in [0.717, 1.165) is 41.4 Å². The summed E-state index contributed by atoms with van der Waals surface area (Å²) in [6, 6.07) is 11.9. The highest BCUT2D eigenvalue weighted by Crippen LogP contribution is 2.60. The molecule has 35 heavy (non-hydrogen) atoms. The van der Waals surface area contributed by atoms with Gasteiger partial charge in [-0.25, -0.2) is 9.29 Å². The topological polar surface area (TPSA) is 62.4 Å². The predicted octanol–water partition coefficient (Wildman–Crippen LogP) is 6.15. The number of hydrogen-bond acceptors (Lipinski definition) is 3. The van der Waals surface area contributed by atoms with Gasteiger partial charge in [0.2, 0.25) is 11.8 Å². The van der Waals surface area contributed by atoms with Gasteiger partial charge in [0.15, 0.2) is 0 Å². The molecule has 1 saturated heterocycles. The molecule has 3 aliphatic rings. The van der Waals surface area contributed by atoms with E-state index in [2.05, 4.69) is 25.8 Å². The molecule has 5 nitrogen and oxygen atoms in total. The van der Waals surface area contributed by atoms with Crippen LogP contribution in [0.15, 0.2) is 42.5 Å². The van der Waals surface area contributed by atoms with Crippen molar-refractivity contribution >= 4 is 28.4 Å². The van der Waals surface area contributed by atoms with Gasteiger partial charge >= 0.3 is 0 Å². The molecule has 5 atom stereocenters. The van der Waals surface area contributed by atoms with Crippen molar-refractivity contribution in [2.75, 3.05) is 12.0 Å². The van der Waals surface area contributed by atoms with E-state index in [9.17, 15) is 14.0 Å². The van der Waals surface area contributed by atoms with Crippen LogP contribution in [0, 0.1) is 29.0 Å². The molecule has 1 N–H and O–H groups in total. The Morgan fingerprint density at radius 3 is 2.46 bits per heavy atom. The van der Waals surface area contributed by atoms with E-state index < -0.39 is 11.8 Å². The average molecular weight is 475 g/mol. The molecule has 1 saturated carbocycles. The molecule has 1 aromatic heterocycles. The van der Waals surface area contributed by atoms with Crippen LogP contribution in [0.25, 0.3) is 10.9 Å². The van der Waals surface area contributed by atoms with Gasteiger partial charge in [0.25, 0.3) is 0 Å². The van der Waals surface area contributed by atoms with Gasteiger partial charge in [-0.2, -0.15) is 0 Å². The Bertz CT molecular complexity index is 1340. The molecule has 6 heteroatoms. The number of rotatable bonds is 2. The lowest BCUT2D eigenvalue weighted by molar-refractivity contribution is -0.123. The summed E-state index contributed by atoms with van der Waals surface area (Å²) in [5, 5.41) is 0.853. The molecule has 182 valence electrons. The molecule has 2 aromatic carbocycles. The van der Waals surface area contributed by atoms with Crippen LogP contribution >= 0.6 is 0 Å². The minimum atomic E-state index is -0.574. The van der Waals surface area contributed by atoms with Gasteiger partial charge in [-0.15, -0.1) is 0 Å². The number of imide groups is 1. The van der Waals surface area contributed by atoms with E-state index in [1.807, 2.05) is 0 Å². The zero-order chi connectivity index (χ0) is 24.6. The first-order valence-electron chi connectivity index (χ1n) is 12.5. The number of aromatic amines is 1. The van der Waals surface area contributed by atoms with Crippen molar-refractivity contribution in [3.05, 3.63) is 59.5 Å². The first-order valence-corrected chi connectivity index (χ1v) is 12.5. The molecule has 0 radical (unpaired) electrons. The summed E-state index contributed by atoms with van der Waals surface area (Å²) in [6.45, 7) is 6.78. The van der Waals surface area contributed by atoms with Gasteiger partial charge < -0.3 is 9.72 Å². The van der Waals surface area contributed by atoms with Crippen LogP contribution in [0.5, 0.6) is 5.75 Å². The quantitative estimate of drug-likeness (QED) is 0.453. The first-order chi connectivity index (χ1) is 16.7. The number of H-pyrrole nitrogens is 1. The van der Waals surface area contributed by atoms with Crippen LogP contribution in [0.3, 0.4) is 0 Å². The van der Waals surface area contributed by atoms with Crippen molar-refractivity contribution < 1.29 is 18.7 Å². The number of amides is 2. The lowest BCUT2D eigenvalue weighted by Crippen LogP contribution is -2.41. The number of fused-ring (bicyclic) bond motifs is 8. The Hall–Kier alpha value is -3.15. The fourth-order valence-electron chi connectivity index (χ4n) is 7.01. The highest BCUT2D eigenvalue weighted by Gasteiger charge is 2.59. The monoisotopic (exact) mass is 474 g/mol. The molecule has 2 amide bonds. The summed E-state index contributed by atoms with van der Waals surface area (Å²) in [5.41, 5.74) is 3.38. The van der Waals surface area contributed by atoms with Crippen molar-refractivity contribution in [1.29, 1.82) is 0 Å². The highest BCUT2D eigenvalue weighted by molar-refractivity contribution is 6.24. The van der Waals surface area contributed by atoms with E-state index in [0.29, 0.717) is 17.4 Å². The number of nitrogens with one attached hydrogen (secondary N) is 1. The zero-order valence-electron chi connectivity index (χ0n) is 20.6. The molecule has 3 aromatic rings. The maximum Gasteiger partial charge on any atom is 0.243 e. The van der Waals surface area contributed by atoms with Crippen LogP contribution in [0.1, 0.15) is 63.1 Å². The number of halogens is 1. The van der Waals surface area contributed by atoms with Crippen LogP contribution < -0.4 is 9.64 Å². The summed E-state index contributed by atoms with van der Waals surface area (Å²) in [7, 11) is 1.59. The Labute approximate surface area is 204 Å². The van der Waals surface area contributed by atoms with Crippen LogP contribution in [-0.2, 0) is 9.59 Å². The number of nitrogens with zero attached hydrogens (tertiary/aromatic N) is 1. The SMILES string of the molecule is COc1ccc(N2C(=O)[C@@H]3[C@@H]4C[C@@H](C(C)(C)C)CC[C@H]4c4c([nH]c5ccc(F)cc45)[C@H]3C2=O)cc1. The summed E-state index contributed by atoms with van der Waals surface area (Å²) in [5.74, 6) is -0.271. The van der Waals surface area contributed by atoms with Crippen molar-refractivity contribution in [2.45, 2.75) is 51.9 Å². The van der Waals surface area contributed by atoms with Gasteiger partial charge in [-0.05, 0) is 90.5 Å². The molecule has 2 heterocycles. The molecule has 0 bridgehead atoms. The smallest absolute Gasteiger partial charge is 0.243 e. The molecular formula is C29H31FN2O3. The van der Waals surface area contributed by atoms with Gasteiger partial charge in [-0.3, -0.25) is 9.59 Å². The number of carbonyl (C=O) groups is 2. The number of benzene rings is 2. The van der Waals surface area contributed by atoms with Crippen molar-refractivity contribution in [1.82, 2.24) is 4.98 Å². The Kier molecular flexibility index (Phi) is 4.89. The molecule has 0 unspecified atom stereocenters. The molecule has 2 fully saturated rings. The number of methoxy groups -OCH3 is 1. The van der Waals surface area contributed by atoms with Gasteiger partial charge in [0.05, 0.1) is 24.6 Å². The van der Waals surface area contributed by atoms with Crippen LogP contribution in [0.4, 0.5) is 10.1 Å². The van der Waals surface area contributed by atoms with E-state index in [1.54, 1.807) is 43.5 Å². The lowest BCUT2D eigenvalue weighted by Gasteiger charge is -2.47. The number of aromatic nitrogens is 1. The minimum absolute atomic E-state index is 0.0486. The third kappa shape index (κ3) is 3.25. The molecule has 0 spiro atoms. The lowest BCUT2D eigenvalue weighted by atomic mass is 9.56. The Balaban J connectivity index is 1.51. The standard InChI is InChI=1S/C29H31FN2O3/c1-29(2,3)15-5-11-19-20(13-15)24-25(26-23(19)21-14-16(30)6-12-22(21)31-26)28(34)32(27(24)33)17-7-9-18(35-4)10-8-17/h6-10,12,14-15,19-20,24-25,31H,5,11,13H2,1-4H3/t15-,19+,20+,24+,25-/m0/s1. The average Bonchev–Trinajstić information content (AvgIpc) is 3.33. The predicted molar refractivity (Wildman–Crippen MR) is 133 cm³/mol. The van der Waals surface area contributed by atoms with Gasteiger partial charge in [0, 0.05) is 16.6 Å². The molecule has 6 rings (SSSR count). The maximum atomic E-state index is 14.3. The third-order valence-corrected chi connectivity index (χ3v) is 8.78. The fraction of sp³-hybridized carbons (Fsp3) is 0.448. The van der Waals surface area contributed by atoms with E-state index in [4.69, 9.17) is 4.74 Å². The molecular weight excluding hydrogens is 443 g/mol. The Morgan fingerprint density at radius 2 is 1.77 bits per heavy atom. The number of carbonyl (C=O) groups excluding carboxylic acids is 2. The maximum absolute atomic E-state index is 14.3. The van der Waals surface area contributed by atoms with E-state index in [1.165, 1.54) is 11.0 Å². The number of hydrogen-bond donors (Lipinski definition) is 1. The second kappa shape index (κ2) is 7.67.